The van der Waals surface area contributed by atoms with Gasteiger partial charge in [0.05, 0.1) is 0 Å². The van der Waals surface area contributed by atoms with Crippen LogP contribution in [0.1, 0.15) is 0 Å². The Morgan fingerprint density at radius 3 is 1.39 bits per heavy atom. The lowest BCUT2D eigenvalue weighted by Crippen LogP contribution is -2.09. The first kappa shape index (κ1) is 34.0. The predicted octanol–water partition coefficient (Wildman–Crippen LogP) is 15.8. The SMILES string of the molecule is c1ccc(-c2ccc(-c3cccc4ccccc34)cc2-c2ccc(-c3ccc(N(c4ccccc4)c4ccc(-c5ccc6ccccc6c5)cc4)cc3)cc2)cc1. The molecule has 0 radical (unpaired) electrons. The molecule has 57 heavy (non-hydrogen) atoms. The van der Waals surface area contributed by atoms with Crippen molar-refractivity contribution in [2.45, 2.75) is 0 Å². The number of para-hydroxylation sites is 1. The monoisotopic (exact) mass is 725 g/mol. The van der Waals surface area contributed by atoms with Crippen molar-refractivity contribution >= 4 is 38.6 Å². The average molecular weight is 726 g/mol. The smallest absolute Gasteiger partial charge is 0.0462 e. The maximum Gasteiger partial charge on any atom is 0.0462 e. The molecule has 0 aliphatic rings. The average Bonchev–Trinajstić information content (AvgIpc) is 3.30. The topological polar surface area (TPSA) is 3.24 Å². The minimum atomic E-state index is 1.11. The van der Waals surface area contributed by atoms with Crippen LogP contribution in [0.3, 0.4) is 0 Å². The van der Waals surface area contributed by atoms with E-state index in [0.717, 1.165) is 17.1 Å². The zero-order valence-electron chi connectivity index (χ0n) is 31.5. The van der Waals surface area contributed by atoms with Crippen LogP contribution in [0.25, 0.3) is 77.2 Å². The number of hydrogen-bond acceptors (Lipinski definition) is 1. The molecule has 268 valence electrons. The van der Waals surface area contributed by atoms with Gasteiger partial charge < -0.3 is 4.90 Å². The van der Waals surface area contributed by atoms with Crippen LogP contribution in [0.2, 0.25) is 0 Å². The van der Waals surface area contributed by atoms with Crippen LogP contribution in [-0.2, 0) is 0 Å². The van der Waals surface area contributed by atoms with Crippen molar-refractivity contribution in [2.24, 2.45) is 0 Å². The molecule has 0 bridgehead atoms. The van der Waals surface area contributed by atoms with Crippen molar-refractivity contribution in [1.82, 2.24) is 0 Å². The van der Waals surface area contributed by atoms with Gasteiger partial charge in [0.15, 0.2) is 0 Å². The lowest BCUT2D eigenvalue weighted by Gasteiger charge is -2.26. The number of fused-ring (bicyclic) bond motifs is 2. The maximum atomic E-state index is 2.36. The number of benzene rings is 10. The molecule has 0 aromatic heterocycles. The summed E-state index contributed by atoms with van der Waals surface area (Å²) in [7, 11) is 0. The van der Waals surface area contributed by atoms with E-state index in [2.05, 4.69) is 241 Å². The Morgan fingerprint density at radius 1 is 0.211 bits per heavy atom. The van der Waals surface area contributed by atoms with Crippen molar-refractivity contribution in [3.63, 3.8) is 0 Å². The highest BCUT2D eigenvalue weighted by atomic mass is 15.1. The van der Waals surface area contributed by atoms with Gasteiger partial charge in [-0.15, -0.1) is 0 Å². The first-order chi connectivity index (χ1) is 28.2. The highest BCUT2D eigenvalue weighted by Crippen LogP contribution is 2.40. The summed E-state index contributed by atoms with van der Waals surface area (Å²) >= 11 is 0. The van der Waals surface area contributed by atoms with Gasteiger partial charge in [0.2, 0.25) is 0 Å². The highest BCUT2D eigenvalue weighted by Gasteiger charge is 2.15. The molecule has 10 aromatic carbocycles. The van der Waals surface area contributed by atoms with Crippen molar-refractivity contribution in [3.8, 4) is 55.6 Å². The molecular formula is C56H39N. The molecule has 1 nitrogen and oxygen atoms in total. The molecule has 0 saturated heterocycles. The van der Waals surface area contributed by atoms with E-state index in [1.807, 2.05) is 0 Å². The van der Waals surface area contributed by atoms with Crippen molar-refractivity contribution in [2.75, 3.05) is 4.90 Å². The molecule has 0 aliphatic carbocycles. The fraction of sp³-hybridized carbons (Fsp3) is 0. The Labute approximate surface area is 334 Å². The quantitative estimate of drug-likeness (QED) is 0.151. The van der Waals surface area contributed by atoms with E-state index in [1.165, 1.54) is 77.2 Å². The van der Waals surface area contributed by atoms with Crippen LogP contribution in [0, 0.1) is 0 Å². The minimum absolute atomic E-state index is 1.11. The lowest BCUT2D eigenvalue weighted by molar-refractivity contribution is 1.28. The Balaban J connectivity index is 0.967. The first-order valence-corrected chi connectivity index (χ1v) is 19.6. The molecule has 0 unspecified atom stereocenters. The molecular weight excluding hydrogens is 687 g/mol. The lowest BCUT2D eigenvalue weighted by atomic mass is 9.89. The van der Waals surface area contributed by atoms with Gasteiger partial charge >= 0.3 is 0 Å². The summed E-state index contributed by atoms with van der Waals surface area (Å²) in [5.74, 6) is 0. The van der Waals surface area contributed by atoms with E-state index in [9.17, 15) is 0 Å². The summed E-state index contributed by atoms with van der Waals surface area (Å²) in [5.41, 5.74) is 15.4. The summed E-state index contributed by atoms with van der Waals surface area (Å²) in [4.78, 5) is 2.32. The van der Waals surface area contributed by atoms with Gasteiger partial charge in [0.25, 0.3) is 0 Å². The van der Waals surface area contributed by atoms with E-state index in [1.54, 1.807) is 0 Å². The van der Waals surface area contributed by atoms with Crippen LogP contribution in [0.4, 0.5) is 17.1 Å². The zero-order valence-corrected chi connectivity index (χ0v) is 31.5. The molecule has 0 atom stereocenters. The zero-order chi connectivity index (χ0) is 38.0. The Bertz CT molecular complexity index is 2960. The summed E-state index contributed by atoms with van der Waals surface area (Å²) in [6, 6.07) is 85.5. The molecule has 0 fully saturated rings. The van der Waals surface area contributed by atoms with E-state index >= 15 is 0 Å². The maximum absolute atomic E-state index is 2.36. The Morgan fingerprint density at radius 2 is 0.684 bits per heavy atom. The van der Waals surface area contributed by atoms with Gasteiger partial charge in [-0.1, -0.05) is 188 Å². The summed E-state index contributed by atoms with van der Waals surface area (Å²) in [6.45, 7) is 0. The molecule has 10 aromatic rings. The van der Waals surface area contributed by atoms with Crippen molar-refractivity contribution in [3.05, 3.63) is 237 Å². The van der Waals surface area contributed by atoms with E-state index < -0.39 is 0 Å². The van der Waals surface area contributed by atoms with Gasteiger partial charge in [0, 0.05) is 17.1 Å². The minimum Gasteiger partial charge on any atom is -0.311 e. The Hall–Kier alpha value is -7.48. The number of anilines is 3. The molecule has 0 heterocycles. The second-order valence-electron chi connectivity index (χ2n) is 14.6. The number of rotatable bonds is 8. The van der Waals surface area contributed by atoms with Gasteiger partial charge in [-0.3, -0.25) is 0 Å². The van der Waals surface area contributed by atoms with Crippen molar-refractivity contribution in [1.29, 1.82) is 0 Å². The van der Waals surface area contributed by atoms with Crippen LogP contribution in [0.15, 0.2) is 237 Å². The van der Waals surface area contributed by atoms with Crippen LogP contribution in [0.5, 0.6) is 0 Å². The van der Waals surface area contributed by atoms with Gasteiger partial charge in [0.1, 0.15) is 0 Å². The third kappa shape index (κ3) is 6.77. The molecule has 0 amide bonds. The predicted molar refractivity (Wildman–Crippen MR) is 243 cm³/mol. The second-order valence-corrected chi connectivity index (χ2v) is 14.6. The van der Waals surface area contributed by atoms with Gasteiger partial charge in [-0.2, -0.15) is 0 Å². The third-order valence-electron chi connectivity index (χ3n) is 11.1. The van der Waals surface area contributed by atoms with Crippen LogP contribution < -0.4 is 4.90 Å². The van der Waals surface area contributed by atoms with Crippen LogP contribution >= 0.6 is 0 Å². The largest absolute Gasteiger partial charge is 0.311 e. The summed E-state index contributed by atoms with van der Waals surface area (Å²) in [6.07, 6.45) is 0. The molecule has 0 saturated carbocycles. The van der Waals surface area contributed by atoms with Gasteiger partial charge in [-0.25, -0.2) is 0 Å². The first-order valence-electron chi connectivity index (χ1n) is 19.6. The number of hydrogen-bond donors (Lipinski definition) is 0. The normalized spacial score (nSPS) is 11.2. The van der Waals surface area contributed by atoms with Crippen LogP contribution in [-0.4, -0.2) is 0 Å². The molecule has 1 heteroatoms. The summed E-state index contributed by atoms with van der Waals surface area (Å²) in [5, 5.41) is 5.02. The summed E-state index contributed by atoms with van der Waals surface area (Å²) < 4.78 is 0. The second kappa shape index (κ2) is 15.0. The highest BCUT2D eigenvalue weighted by molar-refractivity contribution is 5.99. The standard InChI is InChI=1S/C56H39N/c1-3-13-44(14-4-1)55-37-32-49(54-21-11-17-45-15-9-10-20-53(45)54)39-56(55)46-25-22-41(23-26-46)42-28-33-51(34-29-42)57(50-18-5-2-6-19-50)52-35-30-43(31-36-52)48-27-24-40-12-7-8-16-47(40)38-48/h1-39H. The fourth-order valence-electron chi connectivity index (χ4n) is 8.14. The molecule has 0 spiro atoms. The molecule has 0 N–H and O–H groups in total. The number of nitrogens with zero attached hydrogens (tertiary/aromatic N) is 1. The Kier molecular flexibility index (Phi) is 8.95. The third-order valence-corrected chi connectivity index (χ3v) is 11.1. The van der Waals surface area contributed by atoms with Crippen molar-refractivity contribution < 1.29 is 0 Å². The van der Waals surface area contributed by atoms with Gasteiger partial charge in [-0.05, 0) is 126 Å². The van der Waals surface area contributed by atoms with E-state index in [0.29, 0.717) is 0 Å². The van der Waals surface area contributed by atoms with E-state index in [4.69, 9.17) is 0 Å². The molecule has 0 aliphatic heterocycles. The van der Waals surface area contributed by atoms with E-state index in [-0.39, 0.29) is 0 Å². The molecule has 10 rings (SSSR count). The fourth-order valence-corrected chi connectivity index (χ4v) is 8.14.